The van der Waals surface area contributed by atoms with E-state index < -0.39 is 0 Å². The molecule has 1 amide bonds. The molecule has 4 rings (SSSR count). The summed E-state index contributed by atoms with van der Waals surface area (Å²) in [6.45, 7) is 4.14. The number of aromatic nitrogens is 2. The third-order valence-electron chi connectivity index (χ3n) is 5.47. The molecule has 3 aliphatic heterocycles. The molecule has 0 saturated carbocycles. The van der Waals surface area contributed by atoms with E-state index in [0.29, 0.717) is 12.5 Å². The summed E-state index contributed by atoms with van der Waals surface area (Å²) < 4.78 is 17.1. The molecule has 3 fully saturated rings. The Labute approximate surface area is 153 Å². The van der Waals surface area contributed by atoms with E-state index in [1.54, 1.807) is 7.11 Å². The van der Waals surface area contributed by atoms with E-state index in [-0.39, 0.29) is 24.2 Å². The first-order chi connectivity index (χ1) is 12.7. The predicted octanol–water partition coefficient (Wildman–Crippen LogP) is 0.862. The molecule has 3 aliphatic rings. The van der Waals surface area contributed by atoms with E-state index in [2.05, 4.69) is 14.9 Å². The third-order valence-corrected chi connectivity index (χ3v) is 5.47. The van der Waals surface area contributed by atoms with Gasteiger partial charge in [-0.3, -0.25) is 4.79 Å². The van der Waals surface area contributed by atoms with Crippen molar-refractivity contribution in [3.05, 3.63) is 12.4 Å². The van der Waals surface area contributed by atoms with E-state index >= 15 is 0 Å². The topological polar surface area (TPSA) is 77.0 Å². The Balaban J connectivity index is 1.28. The summed E-state index contributed by atoms with van der Waals surface area (Å²) in [5.41, 5.74) is -0.197. The summed E-state index contributed by atoms with van der Waals surface area (Å²) in [6, 6.07) is 1.83. The van der Waals surface area contributed by atoms with Gasteiger partial charge in [-0.05, 0) is 19.3 Å². The van der Waals surface area contributed by atoms with Gasteiger partial charge in [0.15, 0.2) is 0 Å². The third kappa shape index (κ3) is 3.61. The highest BCUT2D eigenvalue weighted by Crippen LogP contribution is 2.37. The van der Waals surface area contributed by atoms with Crippen molar-refractivity contribution in [1.29, 1.82) is 0 Å². The Hall–Kier alpha value is -1.93. The number of likely N-dealkylation sites (tertiary alicyclic amines) is 1. The van der Waals surface area contributed by atoms with Crippen LogP contribution in [0.4, 0.5) is 5.82 Å². The molecule has 1 spiro atoms. The lowest BCUT2D eigenvalue weighted by Crippen LogP contribution is -2.66. The molecule has 0 radical (unpaired) electrons. The average molecular weight is 362 g/mol. The van der Waals surface area contributed by atoms with E-state index in [4.69, 9.17) is 14.2 Å². The molecular weight excluding hydrogens is 336 g/mol. The number of rotatable bonds is 5. The largest absolute Gasteiger partial charge is 0.481 e. The van der Waals surface area contributed by atoms with Crippen LogP contribution < -0.4 is 9.64 Å². The molecule has 0 aromatic carbocycles. The maximum atomic E-state index is 12.2. The molecule has 142 valence electrons. The maximum Gasteiger partial charge on any atom is 0.248 e. The molecule has 8 heteroatoms. The van der Waals surface area contributed by atoms with Gasteiger partial charge in [-0.25, -0.2) is 9.97 Å². The number of anilines is 1. The van der Waals surface area contributed by atoms with Crippen molar-refractivity contribution >= 4 is 11.7 Å². The Kier molecular flexibility index (Phi) is 4.95. The summed E-state index contributed by atoms with van der Waals surface area (Å²) in [5.74, 6) is 1.52. The number of nitrogens with zero attached hydrogens (tertiary/aromatic N) is 4. The van der Waals surface area contributed by atoms with Gasteiger partial charge in [0.05, 0.1) is 26.3 Å². The van der Waals surface area contributed by atoms with Gasteiger partial charge < -0.3 is 24.0 Å². The van der Waals surface area contributed by atoms with E-state index in [9.17, 15) is 4.79 Å². The minimum absolute atomic E-state index is 0.0809. The van der Waals surface area contributed by atoms with Crippen molar-refractivity contribution in [2.24, 2.45) is 0 Å². The quantitative estimate of drug-likeness (QED) is 0.769. The first kappa shape index (κ1) is 17.5. The molecule has 0 aliphatic carbocycles. The van der Waals surface area contributed by atoms with Crippen LogP contribution in [-0.2, 0) is 14.3 Å². The normalized spacial score (nSPS) is 24.6. The van der Waals surface area contributed by atoms with Crippen molar-refractivity contribution in [2.75, 3.05) is 51.4 Å². The highest BCUT2D eigenvalue weighted by Gasteiger charge is 2.48. The summed E-state index contributed by atoms with van der Waals surface area (Å²) in [7, 11) is 1.60. The predicted molar refractivity (Wildman–Crippen MR) is 94.3 cm³/mol. The van der Waals surface area contributed by atoms with Crippen LogP contribution in [0, 0.1) is 0 Å². The highest BCUT2D eigenvalue weighted by molar-refractivity contribution is 5.77. The van der Waals surface area contributed by atoms with Crippen LogP contribution in [0.3, 0.4) is 0 Å². The first-order valence-corrected chi connectivity index (χ1v) is 9.32. The number of hydrogen-bond acceptors (Lipinski definition) is 7. The molecular formula is C18H26N4O4. The minimum atomic E-state index is -0.197. The van der Waals surface area contributed by atoms with Crippen LogP contribution in [0.15, 0.2) is 12.4 Å². The lowest BCUT2D eigenvalue weighted by atomic mass is 9.84. The second-order valence-corrected chi connectivity index (χ2v) is 7.32. The standard InChI is InChI=1S/C18H26N4O4/c1-24-16-8-15(19-13-20-16)22-11-18(12-22)9-14(4-7-26-18)25-10-17(23)21-5-2-3-6-21/h8,13-14H,2-7,9-12H2,1H3. The van der Waals surface area contributed by atoms with Crippen molar-refractivity contribution in [3.8, 4) is 5.88 Å². The van der Waals surface area contributed by atoms with Gasteiger partial charge in [0.1, 0.15) is 24.4 Å². The number of ether oxygens (including phenoxy) is 3. The van der Waals surface area contributed by atoms with Gasteiger partial charge in [0.2, 0.25) is 11.8 Å². The summed E-state index contributed by atoms with van der Waals surface area (Å²) in [5, 5.41) is 0. The SMILES string of the molecule is COc1cc(N2CC3(CC(OCC(=O)N4CCCC4)CCO3)C2)ncn1. The molecule has 4 heterocycles. The maximum absolute atomic E-state index is 12.2. The number of carbonyl (C=O) groups excluding carboxylic acids is 1. The fourth-order valence-corrected chi connectivity index (χ4v) is 4.02. The lowest BCUT2D eigenvalue weighted by Gasteiger charge is -2.53. The fourth-order valence-electron chi connectivity index (χ4n) is 4.02. The van der Waals surface area contributed by atoms with E-state index in [1.807, 2.05) is 11.0 Å². The number of methoxy groups -OCH3 is 1. The molecule has 3 saturated heterocycles. The van der Waals surface area contributed by atoms with Crippen molar-refractivity contribution in [1.82, 2.24) is 14.9 Å². The van der Waals surface area contributed by atoms with E-state index in [0.717, 1.165) is 57.7 Å². The van der Waals surface area contributed by atoms with E-state index in [1.165, 1.54) is 6.33 Å². The zero-order valence-electron chi connectivity index (χ0n) is 15.2. The minimum Gasteiger partial charge on any atom is -0.481 e. The molecule has 1 atom stereocenters. The molecule has 8 nitrogen and oxygen atoms in total. The van der Waals surface area contributed by atoms with Crippen LogP contribution in [0.1, 0.15) is 25.7 Å². The summed E-state index contributed by atoms with van der Waals surface area (Å²) in [4.78, 5) is 24.6. The van der Waals surface area contributed by atoms with Crippen LogP contribution in [0.5, 0.6) is 5.88 Å². The average Bonchev–Trinajstić information content (AvgIpc) is 3.19. The fraction of sp³-hybridized carbons (Fsp3) is 0.722. The Bertz CT molecular complexity index is 644. The van der Waals surface area contributed by atoms with Crippen LogP contribution in [0.2, 0.25) is 0 Å². The number of carbonyl (C=O) groups is 1. The first-order valence-electron chi connectivity index (χ1n) is 9.32. The van der Waals surface area contributed by atoms with Crippen LogP contribution >= 0.6 is 0 Å². The summed E-state index contributed by atoms with van der Waals surface area (Å²) >= 11 is 0. The lowest BCUT2D eigenvalue weighted by molar-refractivity contribution is -0.157. The van der Waals surface area contributed by atoms with Gasteiger partial charge in [0.25, 0.3) is 0 Å². The Morgan fingerprint density at radius 3 is 2.92 bits per heavy atom. The van der Waals surface area contributed by atoms with Crippen LogP contribution in [0.25, 0.3) is 0 Å². The molecule has 1 unspecified atom stereocenters. The summed E-state index contributed by atoms with van der Waals surface area (Å²) in [6.07, 6.45) is 5.47. The van der Waals surface area contributed by atoms with Gasteiger partial charge in [0, 0.05) is 32.2 Å². The van der Waals surface area contributed by atoms with Gasteiger partial charge in [-0.15, -0.1) is 0 Å². The Morgan fingerprint density at radius 2 is 2.15 bits per heavy atom. The Morgan fingerprint density at radius 1 is 1.35 bits per heavy atom. The van der Waals surface area contributed by atoms with Gasteiger partial charge in [-0.2, -0.15) is 0 Å². The number of amides is 1. The molecule has 1 aromatic rings. The second kappa shape index (κ2) is 7.36. The van der Waals surface area contributed by atoms with Crippen LogP contribution in [-0.4, -0.2) is 79.0 Å². The molecule has 0 N–H and O–H groups in total. The molecule has 26 heavy (non-hydrogen) atoms. The highest BCUT2D eigenvalue weighted by atomic mass is 16.5. The van der Waals surface area contributed by atoms with Crippen molar-refractivity contribution in [3.63, 3.8) is 0 Å². The zero-order chi connectivity index (χ0) is 18.0. The zero-order valence-corrected chi connectivity index (χ0v) is 15.2. The molecule has 1 aromatic heterocycles. The second-order valence-electron chi connectivity index (χ2n) is 7.32. The number of hydrogen-bond donors (Lipinski definition) is 0. The van der Waals surface area contributed by atoms with Gasteiger partial charge in [-0.1, -0.05) is 0 Å². The van der Waals surface area contributed by atoms with Gasteiger partial charge >= 0.3 is 0 Å². The monoisotopic (exact) mass is 362 g/mol. The van der Waals surface area contributed by atoms with Crippen molar-refractivity contribution < 1.29 is 19.0 Å². The van der Waals surface area contributed by atoms with Crippen molar-refractivity contribution in [2.45, 2.75) is 37.4 Å². The smallest absolute Gasteiger partial charge is 0.248 e. The molecule has 0 bridgehead atoms.